The van der Waals surface area contributed by atoms with Crippen molar-refractivity contribution >= 4 is 11.4 Å². The summed E-state index contributed by atoms with van der Waals surface area (Å²) in [6.07, 6.45) is 0. The van der Waals surface area contributed by atoms with Crippen LogP contribution in [0.25, 0.3) is 0 Å². The molecule has 0 bridgehead atoms. The Kier molecular flexibility index (Phi) is 4.07. The van der Waals surface area contributed by atoms with E-state index in [4.69, 9.17) is 10.5 Å². The number of hydrogen-bond donors (Lipinski definition) is 2. The highest BCUT2D eigenvalue weighted by Gasteiger charge is 2.15. The van der Waals surface area contributed by atoms with Gasteiger partial charge in [-0.25, -0.2) is 0 Å². The molecule has 1 aromatic rings. The predicted octanol–water partition coefficient (Wildman–Crippen LogP) is -0.300. The predicted molar refractivity (Wildman–Crippen MR) is 60.7 cm³/mol. The Hall–Kier alpha value is -1.82. The van der Waals surface area contributed by atoms with Crippen LogP contribution in [0.2, 0.25) is 0 Å². The van der Waals surface area contributed by atoms with Crippen LogP contribution in [0, 0.1) is 10.1 Å². The van der Waals surface area contributed by atoms with Gasteiger partial charge in [0.05, 0.1) is 19.0 Å². The zero-order chi connectivity index (χ0) is 12.1. The van der Waals surface area contributed by atoms with E-state index in [1.54, 1.807) is 0 Å². The topological polar surface area (TPSA) is 82.8 Å². The Morgan fingerprint density at radius 2 is 2.19 bits per heavy atom. The minimum atomic E-state index is -0.475. The summed E-state index contributed by atoms with van der Waals surface area (Å²) in [7, 11) is 3.97. The van der Waals surface area contributed by atoms with Crippen LogP contribution in [0.1, 0.15) is 0 Å². The van der Waals surface area contributed by atoms with Crippen LogP contribution in [0.4, 0.5) is 11.4 Å². The Morgan fingerprint density at radius 1 is 1.50 bits per heavy atom. The second-order valence-electron chi connectivity index (χ2n) is 3.79. The van der Waals surface area contributed by atoms with Crippen LogP contribution in [0.15, 0.2) is 18.2 Å². The molecule has 6 nitrogen and oxygen atoms in total. The lowest BCUT2D eigenvalue weighted by Crippen LogP contribution is -3.06. The summed E-state index contributed by atoms with van der Waals surface area (Å²) in [5.41, 5.74) is 5.95. The number of benzene rings is 1. The van der Waals surface area contributed by atoms with Gasteiger partial charge in [0, 0.05) is 17.8 Å². The lowest BCUT2D eigenvalue weighted by atomic mass is 10.2. The van der Waals surface area contributed by atoms with Gasteiger partial charge in [0.2, 0.25) is 0 Å². The number of nitrogens with one attached hydrogen (secondary N) is 1. The van der Waals surface area contributed by atoms with Gasteiger partial charge in [0.15, 0.2) is 5.75 Å². The highest BCUT2D eigenvalue weighted by atomic mass is 16.6. The first-order valence-electron chi connectivity index (χ1n) is 4.96. The number of nitro benzene ring substituents is 1. The Morgan fingerprint density at radius 3 is 2.75 bits per heavy atom. The third-order valence-corrected chi connectivity index (χ3v) is 2.04. The molecule has 0 amide bonds. The number of nitro groups is 1. The maximum Gasteiger partial charge on any atom is 0.311 e. The number of nitrogens with two attached hydrogens (primary N) is 1. The highest BCUT2D eigenvalue weighted by molar-refractivity contribution is 5.55. The summed E-state index contributed by atoms with van der Waals surface area (Å²) in [6, 6.07) is 4.32. The van der Waals surface area contributed by atoms with Crippen LogP contribution < -0.4 is 15.4 Å². The van der Waals surface area contributed by atoms with Gasteiger partial charge in [-0.3, -0.25) is 10.1 Å². The maximum absolute atomic E-state index is 10.7. The number of nitrogen functional groups attached to an aromatic ring is 1. The lowest BCUT2D eigenvalue weighted by molar-refractivity contribution is -0.858. The van der Waals surface area contributed by atoms with Gasteiger partial charge in [0.1, 0.15) is 13.2 Å². The first kappa shape index (κ1) is 12.3. The molecule has 6 heteroatoms. The molecule has 1 rings (SSSR count). The monoisotopic (exact) mass is 226 g/mol. The molecule has 0 unspecified atom stereocenters. The van der Waals surface area contributed by atoms with Gasteiger partial charge >= 0.3 is 5.69 Å². The van der Waals surface area contributed by atoms with Crippen LogP contribution in [0.5, 0.6) is 5.75 Å². The first-order valence-corrected chi connectivity index (χ1v) is 4.96. The van der Waals surface area contributed by atoms with E-state index in [9.17, 15) is 10.1 Å². The van der Waals surface area contributed by atoms with Gasteiger partial charge in [-0.15, -0.1) is 0 Å². The summed E-state index contributed by atoms with van der Waals surface area (Å²) >= 11 is 0. The van der Waals surface area contributed by atoms with Crippen LogP contribution >= 0.6 is 0 Å². The minimum absolute atomic E-state index is 0.0528. The molecule has 1 aromatic carbocycles. The molecular weight excluding hydrogens is 210 g/mol. The minimum Gasteiger partial charge on any atom is -0.481 e. The van der Waals surface area contributed by atoms with Crippen molar-refractivity contribution in [1.29, 1.82) is 0 Å². The molecule has 0 radical (unpaired) electrons. The number of nitrogens with zero attached hydrogens (tertiary/aromatic N) is 1. The number of ether oxygens (including phenoxy) is 1. The first-order chi connectivity index (χ1) is 7.50. The molecule has 16 heavy (non-hydrogen) atoms. The van der Waals surface area contributed by atoms with Crippen LogP contribution in [0.3, 0.4) is 0 Å². The molecule has 0 saturated heterocycles. The van der Waals surface area contributed by atoms with E-state index in [0.29, 0.717) is 12.3 Å². The van der Waals surface area contributed by atoms with Crippen molar-refractivity contribution in [3.05, 3.63) is 28.3 Å². The van der Waals surface area contributed by atoms with Crippen molar-refractivity contribution in [3.63, 3.8) is 0 Å². The smallest absolute Gasteiger partial charge is 0.311 e. The SMILES string of the molecule is C[NH+](C)CCOc1cc(N)ccc1[N+](=O)[O-]. The van der Waals surface area contributed by atoms with Crippen LogP contribution in [-0.2, 0) is 0 Å². The second kappa shape index (κ2) is 5.32. The van der Waals surface area contributed by atoms with Gasteiger partial charge in [-0.1, -0.05) is 0 Å². The van der Waals surface area contributed by atoms with Crippen LogP contribution in [-0.4, -0.2) is 32.2 Å². The van der Waals surface area contributed by atoms with Gasteiger partial charge in [-0.05, 0) is 6.07 Å². The fourth-order valence-corrected chi connectivity index (χ4v) is 1.16. The van der Waals surface area contributed by atoms with Crippen molar-refractivity contribution in [2.24, 2.45) is 0 Å². The van der Waals surface area contributed by atoms with E-state index in [1.165, 1.54) is 23.1 Å². The van der Waals surface area contributed by atoms with Gasteiger partial charge < -0.3 is 15.4 Å². The van der Waals surface area contributed by atoms with Crippen molar-refractivity contribution in [2.45, 2.75) is 0 Å². The zero-order valence-corrected chi connectivity index (χ0v) is 9.40. The van der Waals surface area contributed by atoms with Crippen molar-refractivity contribution < 1.29 is 14.6 Å². The van der Waals surface area contributed by atoms with Crippen molar-refractivity contribution in [3.8, 4) is 5.75 Å². The van der Waals surface area contributed by atoms with E-state index in [2.05, 4.69) is 0 Å². The van der Waals surface area contributed by atoms with E-state index in [0.717, 1.165) is 6.54 Å². The molecule has 0 fully saturated rings. The van der Waals surface area contributed by atoms with Gasteiger partial charge in [-0.2, -0.15) is 0 Å². The average Bonchev–Trinajstić information content (AvgIpc) is 2.16. The summed E-state index contributed by atoms with van der Waals surface area (Å²) in [6.45, 7) is 1.19. The summed E-state index contributed by atoms with van der Waals surface area (Å²) < 4.78 is 5.35. The summed E-state index contributed by atoms with van der Waals surface area (Å²) in [4.78, 5) is 11.4. The number of likely N-dealkylation sites (N-methyl/N-ethyl adjacent to an activating group) is 1. The molecule has 0 aromatic heterocycles. The van der Waals surface area contributed by atoms with E-state index in [1.807, 2.05) is 14.1 Å². The molecule has 0 spiro atoms. The molecule has 88 valence electrons. The van der Waals surface area contributed by atoms with Crippen molar-refractivity contribution in [1.82, 2.24) is 0 Å². The highest BCUT2D eigenvalue weighted by Crippen LogP contribution is 2.28. The lowest BCUT2D eigenvalue weighted by Gasteiger charge is -2.09. The van der Waals surface area contributed by atoms with Gasteiger partial charge in [0.25, 0.3) is 0 Å². The second-order valence-corrected chi connectivity index (χ2v) is 3.79. The quantitative estimate of drug-likeness (QED) is 0.410. The number of anilines is 1. The molecule has 3 N–H and O–H groups in total. The molecule has 0 atom stereocenters. The van der Waals surface area contributed by atoms with E-state index in [-0.39, 0.29) is 11.4 Å². The fourth-order valence-electron chi connectivity index (χ4n) is 1.16. The Bertz CT molecular complexity index is 380. The average molecular weight is 226 g/mol. The fraction of sp³-hybridized carbons (Fsp3) is 0.400. The standard InChI is InChI=1S/C10H15N3O3/c1-12(2)5-6-16-10-7-8(11)3-4-9(10)13(14)15/h3-4,7H,5-6,11H2,1-2H3/p+1. The van der Waals surface area contributed by atoms with Crippen molar-refractivity contribution in [2.75, 3.05) is 33.0 Å². The summed E-state index contributed by atoms with van der Waals surface area (Å²) in [5.74, 6) is 0.228. The number of hydrogen-bond acceptors (Lipinski definition) is 4. The van der Waals surface area contributed by atoms with E-state index < -0.39 is 4.92 Å². The number of rotatable bonds is 5. The largest absolute Gasteiger partial charge is 0.481 e. The number of quaternary nitrogens is 1. The molecule has 0 heterocycles. The maximum atomic E-state index is 10.7. The third kappa shape index (κ3) is 3.39. The summed E-state index contributed by atoms with van der Waals surface area (Å²) in [5, 5.41) is 10.7. The zero-order valence-electron chi connectivity index (χ0n) is 9.40. The van der Waals surface area contributed by atoms with E-state index >= 15 is 0 Å². The Balaban J connectivity index is 2.76. The molecule has 0 aliphatic rings. The third-order valence-electron chi connectivity index (χ3n) is 2.04. The molecule has 0 aliphatic heterocycles. The molecule has 0 aliphatic carbocycles. The molecule has 0 saturated carbocycles. The normalized spacial score (nSPS) is 10.4. The molecular formula is C10H16N3O3+. The Labute approximate surface area is 93.8 Å².